The van der Waals surface area contributed by atoms with Gasteiger partial charge in [-0.1, -0.05) is 41.4 Å². The number of amides is 3. The molecule has 25 heavy (non-hydrogen) atoms. The average Bonchev–Trinajstić information content (AvgIpc) is 3.06. The lowest BCUT2D eigenvalue weighted by Crippen LogP contribution is -2.37. The molecule has 3 amide bonds. The van der Waals surface area contributed by atoms with Crippen LogP contribution >= 0.6 is 0 Å². The molecule has 0 fully saturated rings. The summed E-state index contributed by atoms with van der Waals surface area (Å²) in [5, 5.41) is 11.5. The SMILES string of the molecule is C#CCNC(=O)CCNC(=O)NCc1nc(Cc2ccccc2)no1. The molecule has 0 saturated heterocycles. The standard InChI is InChI=1S/C17H19N5O3/c1-2-9-18-15(23)8-10-19-17(24)20-12-16-21-14(22-25-16)11-13-6-4-3-5-7-13/h1,3-7H,8-12H2,(H,18,23)(H2,19,20,24). The van der Waals surface area contributed by atoms with Gasteiger partial charge in [0.15, 0.2) is 5.82 Å². The van der Waals surface area contributed by atoms with E-state index in [2.05, 4.69) is 32.0 Å². The van der Waals surface area contributed by atoms with Crippen LogP contribution in [0.4, 0.5) is 4.79 Å². The number of terminal acetylenes is 1. The summed E-state index contributed by atoms with van der Waals surface area (Å²) in [6, 6.07) is 9.34. The first kappa shape index (κ1) is 18.0. The van der Waals surface area contributed by atoms with Crippen LogP contribution in [0.2, 0.25) is 0 Å². The van der Waals surface area contributed by atoms with Gasteiger partial charge < -0.3 is 20.5 Å². The van der Waals surface area contributed by atoms with Crippen LogP contribution in [0.5, 0.6) is 0 Å². The first-order valence-electron chi connectivity index (χ1n) is 7.74. The molecule has 2 rings (SSSR count). The molecule has 0 saturated carbocycles. The Balaban J connectivity index is 1.67. The van der Waals surface area contributed by atoms with Crippen molar-refractivity contribution in [3.05, 3.63) is 47.6 Å². The first-order valence-corrected chi connectivity index (χ1v) is 7.74. The van der Waals surface area contributed by atoms with E-state index in [-0.39, 0.29) is 32.0 Å². The van der Waals surface area contributed by atoms with Gasteiger partial charge in [0, 0.05) is 19.4 Å². The molecule has 1 aromatic carbocycles. The number of rotatable bonds is 8. The fourth-order valence-electron chi connectivity index (χ4n) is 1.96. The lowest BCUT2D eigenvalue weighted by Gasteiger charge is -2.05. The number of carbonyl (C=O) groups is 2. The molecule has 0 spiro atoms. The van der Waals surface area contributed by atoms with Gasteiger partial charge >= 0.3 is 6.03 Å². The van der Waals surface area contributed by atoms with Gasteiger partial charge in [0.05, 0.1) is 13.1 Å². The molecule has 2 aromatic rings. The molecular weight excluding hydrogens is 322 g/mol. The van der Waals surface area contributed by atoms with Crippen LogP contribution in [-0.2, 0) is 17.8 Å². The lowest BCUT2D eigenvalue weighted by atomic mass is 10.1. The van der Waals surface area contributed by atoms with E-state index in [1.807, 2.05) is 30.3 Å². The van der Waals surface area contributed by atoms with Crippen molar-refractivity contribution >= 4 is 11.9 Å². The number of nitrogens with one attached hydrogen (secondary N) is 3. The van der Waals surface area contributed by atoms with Crippen LogP contribution in [0.1, 0.15) is 23.7 Å². The Labute approximate surface area is 145 Å². The summed E-state index contributed by atoms with van der Waals surface area (Å²) < 4.78 is 5.09. The van der Waals surface area contributed by atoms with Gasteiger partial charge in [-0.25, -0.2) is 4.79 Å². The third-order valence-electron chi connectivity index (χ3n) is 3.14. The number of urea groups is 1. The predicted octanol–water partition coefficient (Wildman–Crippen LogP) is 0.599. The highest BCUT2D eigenvalue weighted by atomic mass is 16.5. The second-order valence-electron chi connectivity index (χ2n) is 5.11. The zero-order valence-corrected chi connectivity index (χ0v) is 13.6. The van der Waals surface area contributed by atoms with E-state index in [0.29, 0.717) is 18.1 Å². The quantitative estimate of drug-likeness (QED) is 0.609. The largest absolute Gasteiger partial charge is 0.345 e. The van der Waals surface area contributed by atoms with E-state index in [4.69, 9.17) is 10.9 Å². The normalized spacial score (nSPS) is 9.88. The number of benzene rings is 1. The van der Waals surface area contributed by atoms with Crippen LogP contribution in [0.25, 0.3) is 0 Å². The van der Waals surface area contributed by atoms with Crippen molar-refractivity contribution in [3.63, 3.8) is 0 Å². The minimum Gasteiger partial charge on any atom is -0.345 e. The van der Waals surface area contributed by atoms with Gasteiger partial charge in [0.2, 0.25) is 11.8 Å². The Morgan fingerprint density at radius 1 is 1.16 bits per heavy atom. The Bertz CT molecular complexity index is 736. The molecule has 0 radical (unpaired) electrons. The van der Waals surface area contributed by atoms with Gasteiger partial charge in [-0.3, -0.25) is 4.79 Å². The lowest BCUT2D eigenvalue weighted by molar-refractivity contribution is -0.120. The number of carbonyl (C=O) groups excluding carboxylic acids is 2. The summed E-state index contributed by atoms with van der Waals surface area (Å²) >= 11 is 0. The van der Waals surface area contributed by atoms with Gasteiger partial charge in [-0.05, 0) is 5.56 Å². The van der Waals surface area contributed by atoms with Crippen molar-refractivity contribution in [1.82, 2.24) is 26.1 Å². The minimum atomic E-state index is -0.424. The molecule has 8 nitrogen and oxygen atoms in total. The van der Waals surface area contributed by atoms with E-state index in [1.165, 1.54) is 0 Å². The number of hydrogen-bond donors (Lipinski definition) is 3. The maximum Gasteiger partial charge on any atom is 0.315 e. The van der Waals surface area contributed by atoms with Crippen LogP contribution in [0.3, 0.4) is 0 Å². The highest BCUT2D eigenvalue weighted by molar-refractivity contribution is 5.78. The van der Waals surface area contributed by atoms with Crippen LogP contribution in [-0.4, -0.2) is 35.2 Å². The number of aromatic nitrogens is 2. The van der Waals surface area contributed by atoms with Crippen molar-refractivity contribution in [3.8, 4) is 12.3 Å². The summed E-state index contributed by atoms with van der Waals surface area (Å²) in [5.74, 6) is 2.94. The van der Waals surface area contributed by atoms with Gasteiger partial charge in [0.25, 0.3) is 0 Å². The summed E-state index contributed by atoms with van der Waals surface area (Å²) in [7, 11) is 0. The van der Waals surface area contributed by atoms with Crippen molar-refractivity contribution in [2.45, 2.75) is 19.4 Å². The molecule has 130 valence electrons. The zero-order valence-electron chi connectivity index (χ0n) is 13.6. The highest BCUT2D eigenvalue weighted by Crippen LogP contribution is 2.06. The van der Waals surface area contributed by atoms with Gasteiger partial charge in [-0.2, -0.15) is 4.98 Å². The topological polar surface area (TPSA) is 109 Å². The Hall–Kier alpha value is -3.34. The first-order chi connectivity index (χ1) is 12.2. The van der Waals surface area contributed by atoms with Crippen LogP contribution < -0.4 is 16.0 Å². The monoisotopic (exact) mass is 341 g/mol. The van der Waals surface area contributed by atoms with E-state index in [1.54, 1.807) is 0 Å². The maximum absolute atomic E-state index is 11.6. The summed E-state index contributed by atoms with van der Waals surface area (Å²) in [6.45, 7) is 0.482. The number of hydrogen-bond acceptors (Lipinski definition) is 5. The van der Waals surface area contributed by atoms with Crippen LogP contribution in [0, 0.1) is 12.3 Å². The highest BCUT2D eigenvalue weighted by Gasteiger charge is 2.09. The maximum atomic E-state index is 11.6. The van der Waals surface area contributed by atoms with E-state index in [9.17, 15) is 9.59 Å². The third kappa shape index (κ3) is 6.74. The Morgan fingerprint density at radius 3 is 2.72 bits per heavy atom. The predicted molar refractivity (Wildman–Crippen MR) is 90.2 cm³/mol. The summed E-state index contributed by atoms with van der Waals surface area (Å²) in [4.78, 5) is 27.2. The van der Waals surface area contributed by atoms with E-state index < -0.39 is 6.03 Å². The Morgan fingerprint density at radius 2 is 1.96 bits per heavy atom. The van der Waals surface area contributed by atoms with Crippen molar-refractivity contribution in [1.29, 1.82) is 0 Å². The third-order valence-corrected chi connectivity index (χ3v) is 3.14. The summed E-state index contributed by atoms with van der Waals surface area (Å²) in [5.41, 5.74) is 1.07. The smallest absolute Gasteiger partial charge is 0.315 e. The van der Waals surface area contributed by atoms with Gasteiger partial charge in [0.1, 0.15) is 0 Å². The molecule has 1 heterocycles. The van der Waals surface area contributed by atoms with Crippen LogP contribution in [0.15, 0.2) is 34.9 Å². The fourth-order valence-corrected chi connectivity index (χ4v) is 1.96. The van der Waals surface area contributed by atoms with E-state index in [0.717, 1.165) is 5.56 Å². The molecular formula is C17H19N5O3. The molecule has 0 bridgehead atoms. The number of nitrogens with zero attached hydrogens (tertiary/aromatic N) is 2. The molecule has 8 heteroatoms. The Kier molecular flexibility index (Phi) is 7.00. The van der Waals surface area contributed by atoms with Crippen molar-refractivity contribution < 1.29 is 14.1 Å². The minimum absolute atomic E-state index is 0.108. The second-order valence-corrected chi connectivity index (χ2v) is 5.11. The molecule has 1 aromatic heterocycles. The fraction of sp³-hybridized carbons (Fsp3) is 0.294. The molecule has 0 aliphatic rings. The molecule has 0 aliphatic heterocycles. The molecule has 3 N–H and O–H groups in total. The molecule has 0 atom stereocenters. The average molecular weight is 341 g/mol. The van der Waals surface area contributed by atoms with E-state index >= 15 is 0 Å². The molecule has 0 unspecified atom stereocenters. The van der Waals surface area contributed by atoms with Crippen molar-refractivity contribution in [2.75, 3.05) is 13.1 Å². The second kappa shape index (κ2) is 9.72. The zero-order chi connectivity index (χ0) is 17.9. The van der Waals surface area contributed by atoms with Crippen molar-refractivity contribution in [2.24, 2.45) is 0 Å². The summed E-state index contributed by atoms with van der Waals surface area (Å²) in [6.07, 6.45) is 5.74. The molecule has 0 aliphatic carbocycles. The van der Waals surface area contributed by atoms with Gasteiger partial charge in [-0.15, -0.1) is 6.42 Å².